The highest BCUT2D eigenvalue weighted by molar-refractivity contribution is 5.81. The maximum absolute atomic E-state index is 11.8. The van der Waals surface area contributed by atoms with Crippen molar-refractivity contribution in [2.75, 3.05) is 0 Å². The topological polar surface area (TPSA) is 29.1 Å². The van der Waals surface area contributed by atoms with Crippen LogP contribution in [0.4, 0.5) is 13.2 Å². The Morgan fingerprint density at radius 2 is 1.85 bits per heavy atom. The molecule has 0 spiro atoms. The molecule has 75 valence electrons. The number of rotatable bonds is 1. The highest BCUT2D eigenvalue weighted by Gasteiger charge is 2.39. The Labute approximate surface area is 74.5 Å². The quantitative estimate of drug-likeness (QED) is 0.677. The number of amides is 1. The third kappa shape index (κ3) is 3.24. The minimum absolute atomic E-state index is 0.306. The van der Waals surface area contributed by atoms with Crippen LogP contribution in [0.15, 0.2) is 0 Å². The van der Waals surface area contributed by atoms with Gasteiger partial charge in [0.25, 0.3) is 0 Å². The van der Waals surface area contributed by atoms with E-state index in [9.17, 15) is 18.0 Å². The Morgan fingerprint density at radius 3 is 2.31 bits per heavy atom. The van der Waals surface area contributed by atoms with Gasteiger partial charge >= 0.3 is 12.1 Å². The molecular weight excluding hydrogens is 183 g/mol. The molecule has 0 saturated heterocycles. The van der Waals surface area contributed by atoms with Gasteiger partial charge in [0.15, 0.2) is 0 Å². The molecule has 13 heavy (non-hydrogen) atoms. The zero-order chi connectivity index (χ0) is 9.90. The SMILES string of the molecule is O=C(NC1CC[CH]CC1)C(F)(F)F. The van der Waals surface area contributed by atoms with Crippen LogP contribution in [0.25, 0.3) is 0 Å². The molecule has 2 nitrogen and oxygen atoms in total. The average Bonchev–Trinajstić information content (AvgIpc) is 2.04. The van der Waals surface area contributed by atoms with Gasteiger partial charge in [-0.2, -0.15) is 13.2 Å². The number of nitrogens with one attached hydrogen (secondary N) is 1. The van der Waals surface area contributed by atoms with Gasteiger partial charge < -0.3 is 5.32 Å². The Balaban J connectivity index is 2.35. The minimum Gasteiger partial charge on any atom is -0.346 e. The molecule has 1 N–H and O–H groups in total. The van der Waals surface area contributed by atoms with Crippen molar-refractivity contribution in [3.8, 4) is 0 Å². The number of hydrogen-bond donors (Lipinski definition) is 1. The summed E-state index contributed by atoms with van der Waals surface area (Å²) in [4.78, 5) is 10.5. The molecule has 0 aromatic carbocycles. The minimum atomic E-state index is -4.75. The third-order valence-electron chi connectivity index (χ3n) is 2.03. The van der Waals surface area contributed by atoms with Crippen LogP contribution >= 0.6 is 0 Å². The summed E-state index contributed by atoms with van der Waals surface area (Å²) in [7, 11) is 0. The summed E-state index contributed by atoms with van der Waals surface area (Å²) in [6, 6.07) is -0.306. The summed E-state index contributed by atoms with van der Waals surface area (Å²) in [5, 5.41) is 1.97. The number of halogens is 3. The van der Waals surface area contributed by atoms with Gasteiger partial charge in [-0.3, -0.25) is 4.79 Å². The van der Waals surface area contributed by atoms with Gasteiger partial charge in [-0.1, -0.05) is 0 Å². The summed E-state index contributed by atoms with van der Waals surface area (Å²) in [6.07, 6.45) is 0.0622. The van der Waals surface area contributed by atoms with Gasteiger partial charge in [0.2, 0.25) is 0 Å². The van der Waals surface area contributed by atoms with Crippen LogP contribution in [0.2, 0.25) is 0 Å². The molecule has 1 saturated carbocycles. The van der Waals surface area contributed by atoms with Crippen LogP contribution in [-0.4, -0.2) is 18.1 Å². The first kappa shape index (κ1) is 10.3. The second kappa shape index (κ2) is 3.98. The lowest BCUT2D eigenvalue weighted by Crippen LogP contribution is -2.43. The van der Waals surface area contributed by atoms with Crippen molar-refractivity contribution in [1.82, 2.24) is 5.32 Å². The predicted octanol–water partition coefficient (Wildman–Crippen LogP) is 1.81. The van der Waals surface area contributed by atoms with Crippen LogP contribution in [0, 0.1) is 6.42 Å². The first-order valence-electron chi connectivity index (χ1n) is 4.19. The highest BCUT2D eigenvalue weighted by Crippen LogP contribution is 2.19. The normalized spacial score (nSPS) is 19.9. The number of hydrogen-bond acceptors (Lipinski definition) is 1. The molecular formula is C8H11F3NO. The van der Waals surface area contributed by atoms with E-state index in [1.54, 1.807) is 0 Å². The Morgan fingerprint density at radius 1 is 1.31 bits per heavy atom. The monoisotopic (exact) mass is 194 g/mol. The average molecular weight is 194 g/mol. The molecule has 1 fully saturated rings. The lowest BCUT2D eigenvalue weighted by Gasteiger charge is -2.22. The van der Waals surface area contributed by atoms with E-state index in [4.69, 9.17) is 0 Å². The fraction of sp³-hybridized carbons (Fsp3) is 0.750. The lowest BCUT2D eigenvalue weighted by molar-refractivity contribution is -0.174. The molecule has 0 aliphatic heterocycles. The molecule has 1 aliphatic carbocycles. The Bertz CT molecular complexity index is 184. The van der Waals surface area contributed by atoms with Crippen molar-refractivity contribution in [1.29, 1.82) is 0 Å². The zero-order valence-electron chi connectivity index (χ0n) is 7.03. The molecule has 1 aliphatic rings. The van der Waals surface area contributed by atoms with E-state index in [1.165, 1.54) is 0 Å². The molecule has 0 bridgehead atoms. The Hall–Kier alpha value is -0.740. The van der Waals surface area contributed by atoms with Crippen LogP contribution in [-0.2, 0) is 4.79 Å². The predicted molar refractivity (Wildman–Crippen MR) is 40.8 cm³/mol. The van der Waals surface area contributed by atoms with Crippen LogP contribution < -0.4 is 5.32 Å². The van der Waals surface area contributed by atoms with Gasteiger partial charge in [-0.15, -0.1) is 0 Å². The lowest BCUT2D eigenvalue weighted by atomic mass is 9.95. The summed E-state index contributed by atoms with van der Waals surface area (Å²) in [5.74, 6) is -1.82. The van der Waals surface area contributed by atoms with E-state index < -0.39 is 12.1 Å². The van der Waals surface area contributed by atoms with Gasteiger partial charge in [0, 0.05) is 6.04 Å². The molecule has 0 heterocycles. The number of alkyl halides is 3. The molecule has 1 radical (unpaired) electrons. The van der Waals surface area contributed by atoms with Gasteiger partial charge in [0.1, 0.15) is 0 Å². The maximum atomic E-state index is 11.8. The standard InChI is InChI=1S/C8H11F3NO/c9-8(10,11)7(13)12-6-4-2-1-3-5-6/h1,6H,2-5H2,(H,12,13). The fourth-order valence-corrected chi connectivity index (χ4v) is 1.34. The molecule has 1 rings (SSSR count). The Kier molecular flexibility index (Phi) is 3.17. The molecule has 1 amide bonds. The fourth-order valence-electron chi connectivity index (χ4n) is 1.34. The summed E-state index contributed by atoms with van der Waals surface area (Å²) in [6.45, 7) is 0. The van der Waals surface area contributed by atoms with Gasteiger partial charge in [-0.25, -0.2) is 0 Å². The summed E-state index contributed by atoms with van der Waals surface area (Å²) >= 11 is 0. The second-order valence-electron chi connectivity index (χ2n) is 3.11. The molecule has 0 atom stereocenters. The van der Waals surface area contributed by atoms with Crippen molar-refractivity contribution in [2.24, 2.45) is 0 Å². The molecule has 5 heteroatoms. The summed E-state index contributed by atoms with van der Waals surface area (Å²) < 4.78 is 35.4. The third-order valence-corrected chi connectivity index (χ3v) is 2.03. The van der Waals surface area contributed by atoms with Crippen molar-refractivity contribution in [3.63, 3.8) is 0 Å². The molecule has 0 unspecified atom stereocenters. The van der Waals surface area contributed by atoms with Crippen LogP contribution in [0.5, 0.6) is 0 Å². The number of carbonyl (C=O) groups excluding carboxylic acids is 1. The van der Waals surface area contributed by atoms with E-state index in [2.05, 4.69) is 0 Å². The maximum Gasteiger partial charge on any atom is 0.471 e. The van der Waals surface area contributed by atoms with Crippen LogP contribution in [0.1, 0.15) is 25.7 Å². The second-order valence-corrected chi connectivity index (χ2v) is 3.11. The van der Waals surface area contributed by atoms with Crippen molar-refractivity contribution in [3.05, 3.63) is 6.42 Å². The number of carbonyl (C=O) groups is 1. The van der Waals surface area contributed by atoms with Crippen molar-refractivity contribution >= 4 is 5.91 Å². The summed E-state index contributed by atoms with van der Waals surface area (Å²) in [5.41, 5.74) is 0. The van der Waals surface area contributed by atoms with E-state index in [0.717, 1.165) is 12.8 Å². The zero-order valence-corrected chi connectivity index (χ0v) is 7.03. The molecule has 0 aromatic rings. The van der Waals surface area contributed by atoms with E-state index in [0.29, 0.717) is 12.8 Å². The van der Waals surface area contributed by atoms with E-state index >= 15 is 0 Å². The molecule has 0 aromatic heterocycles. The first-order valence-corrected chi connectivity index (χ1v) is 4.19. The van der Waals surface area contributed by atoms with Crippen LogP contribution in [0.3, 0.4) is 0 Å². The van der Waals surface area contributed by atoms with E-state index in [-0.39, 0.29) is 6.04 Å². The van der Waals surface area contributed by atoms with Crippen molar-refractivity contribution in [2.45, 2.75) is 37.9 Å². The van der Waals surface area contributed by atoms with Gasteiger partial charge in [0.05, 0.1) is 0 Å². The highest BCUT2D eigenvalue weighted by atomic mass is 19.4. The smallest absolute Gasteiger partial charge is 0.346 e. The van der Waals surface area contributed by atoms with Gasteiger partial charge in [-0.05, 0) is 32.1 Å². The first-order chi connectivity index (χ1) is 6.00. The van der Waals surface area contributed by atoms with Crippen molar-refractivity contribution < 1.29 is 18.0 Å². The van der Waals surface area contributed by atoms with E-state index in [1.807, 2.05) is 11.7 Å². The largest absolute Gasteiger partial charge is 0.471 e.